The Kier molecular flexibility index (Phi) is 10.8. The number of nitrogens with zero attached hydrogens (tertiary/aromatic N) is 3. The highest BCUT2D eigenvalue weighted by atomic mass is 16.5. The highest BCUT2D eigenvalue weighted by Gasteiger charge is 2.51. The third-order valence-electron chi connectivity index (χ3n) is 23.8. The molecule has 0 atom stereocenters. The quantitative estimate of drug-likeness (QED) is 0.0863. The van der Waals surface area contributed by atoms with Crippen LogP contribution in [0.2, 0.25) is 0 Å². The molecule has 18 aromatic rings. The number of hydrogen-bond donors (Lipinski definition) is 0. The Hall–Kier alpha value is -11.7. The molecule has 0 fully saturated rings. The minimum Gasteiger partial charge on any atom is -0.434 e. The standard InChI is InChI=1S/3C31H22NO/c1-31(2)25-15-23-20-9-5-3-7-18(20)11-13-22(23)30-28(25)29-26(31)16-24-21-10-6-4-8-19(21)12-14-27(24)32(29)17-33-30;1-31(2)25-16-24-21-9-5-3-7-18(21)13-14-23(24)30-27(25)29-26(31)15-20-12-11-19-8-4-6-10-22(19)28(20)32(29)17-33-30;1-31(2)26-15-25-22-10-6-5-7-18(22)11-12-23(25)30-27(26)29-28(31)24-14-20-9-4-3-8-19(20)13-21(24)16-32(29)17-33-30/h3*3-16H,17H2,1-2H3/q3*+1. The van der Waals surface area contributed by atoms with Gasteiger partial charge in [-0.15, -0.1) is 0 Å². The Morgan fingerprint density at radius 2 is 0.646 bits per heavy atom. The number of aromatic nitrogens is 3. The van der Waals surface area contributed by atoms with Crippen molar-refractivity contribution in [1.82, 2.24) is 0 Å². The molecule has 6 aliphatic rings. The second kappa shape index (κ2) is 19.3. The van der Waals surface area contributed by atoms with Crippen LogP contribution in [0.3, 0.4) is 0 Å². The number of ether oxygens (including phenoxy) is 3. The van der Waals surface area contributed by atoms with Crippen LogP contribution < -0.4 is 27.9 Å². The van der Waals surface area contributed by atoms with Gasteiger partial charge in [0.25, 0.3) is 20.2 Å². The fourth-order valence-corrected chi connectivity index (χ4v) is 19.0. The van der Waals surface area contributed by atoms with E-state index in [0.29, 0.717) is 20.2 Å². The van der Waals surface area contributed by atoms with Crippen LogP contribution in [0.5, 0.6) is 17.2 Å². The molecule has 99 heavy (non-hydrogen) atoms. The first-order valence-corrected chi connectivity index (χ1v) is 34.9. The van der Waals surface area contributed by atoms with Crippen LogP contribution in [0.4, 0.5) is 0 Å². The molecule has 0 saturated heterocycles. The molecule has 0 N–H and O–H groups in total. The maximum absolute atomic E-state index is 6.64. The first-order valence-electron chi connectivity index (χ1n) is 34.9. The van der Waals surface area contributed by atoms with Gasteiger partial charge in [-0.1, -0.05) is 205 Å². The van der Waals surface area contributed by atoms with Gasteiger partial charge in [0.05, 0.1) is 27.5 Å². The lowest BCUT2D eigenvalue weighted by Crippen LogP contribution is -2.43. The smallest absolute Gasteiger partial charge is 0.293 e. The Morgan fingerprint density at radius 1 is 0.263 bits per heavy atom. The van der Waals surface area contributed by atoms with Crippen molar-refractivity contribution in [1.29, 1.82) is 0 Å². The highest BCUT2D eigenvalue weighted by molar-refractivity contribution is 6.17. The maximum Gasteiger partial charge on any atom is 0.293 e. The number of pyridine rings is 3. The summed E-state index contributed by atoms with van der Waals surface area (Å²) in [4.78, 5) is 0. The van der Waals surface area contributed by atoms with E-state index < -0.39 is 0 Å². The number of hydrogen-bond acceptors (Lipinski definition) is 3. The Morgan fingerprint density at radius 3 is 1.19 bits per heavy atom. The summed E-state index contributed by atoms with van der Waals surface area (Å²) < 4.78 is 26.9. The molecular formula is C93H66N3O3+3. The van der Waals surface area contributed by atoms with Crippen molar-refractivity contribution in [3.63, 3.8) is 0 Å². The molecule has 3 aliphatic carbocycles. The summed E-state index contributed by atoms with van der Waals surface area (Å²) in [5.74, 6) is 3.13. The molecule has 0 amide bonds. The van der Waals surface area contributed by atoms with Gasteiger partial charge in [0, 0.05) is 65.9 Å². The molecule has 3 aliphatic heterocycles. The van der Waals surface area contributed by atoms with E-state index in [1.807, 2.05) is 0 Å². The van der Waals surface area contributed by atoms with Crippen LogP contribution in [0.25, 0.3) is 163 Å². The van der Waals surface area contributed by atoms with Gasteiger partial charge >= 0.3 is 0 Å². The van der Waals surface area contributed by atoms with Crippen LogP contribution in [0, 0.1) is 0 Å². The van der Waals surface area contributed by atoms with E-state index in [1.54, 1.807) is 0 Å². The van der Waals surface area contributed by atoms with E-state index in [9.17, 15) is 0 Å². The molecule has 0 spiro atoms. The van der Waals surface area contributed by atoms with Crippen LogP contribution in [0.15, 0.2) is 255 Å². The molecular weight excluding hydrogens is 1210 g/mol. The topological polar surface area (TPSA) is 39.3 Å². The summed E-state index contributed by atoms with van der Waals surface area (Å²) in [6.07, 6.45) is 2.28. The van der Waals surface area contributed by atoms with Gasteiger partial charge in [-0.25, -0.2) is 0 Å². The average Bonchev–Trinajstić information content (AvgIpc) is 1.55. The lowest BCUT2D eigenvalue weighted by atomic mass is 9.79. The van der Waals surface area contributed by atoms with Crippen molar-refractivity contribution in [3.8, 4) is 51.0 Å². The van der Waals surface area contributed by atoms with E-state index in [0.717, 1.165) is 17.2 Å². The molecule has 3 aromatic heterocycles. The lowest BCUT2D eigenvalue weighted by Gasteiger charge is -2.22. The zero-order valence-corrected chi connectivity index (χ0v) is 55.9. The third-order valence-corrected chi connectivity index (χ3v) is 23.8. The number of fused-ring (bicyclic) bond motifs is 23. The predicted molar refractivity (Wildman–Crippen MR) is 405 cm³/mol. The molecule has 6 nitrogen and oxygen atoms in total. The monoisotopic (exact) mass is 1270 g/mol. The van der Waals surface area contributed by atoms with Gasteiger partial charge in [0.1, 0.15) is 17.2 Å². The van der Waals surface area contributed by atoms with E-state index in [-0.39, 0.29) is 16.2 Å². The molecule has 6 heteroatoms. The van der Waals surface area contributed by atoms with Gasteiger partial charge in [0.15, 0.2) is 6.20 Å². The molecule has 6 heterocycles. The molecule has 0 unspecified atom stereocenters. The Labute approximate surface area is 571 Å². The molecule has 0 radical (unpaired) electrons. The number of rotatable bonds is 0. The van der Waals surface area contributed by atoms with E-state index >= 15 is 0 Å². The third kappa shape index (κ3) is 7.27. The first kappa shape index (κ1) is 55.4. The molecule has 15 aromatic carbocycles. The van der Waals surface area contributed by atoms with Gasteiger partial charge in [-0.2, -0.15) is 13.7 Å². The van der Waals surface area contributed by atoms with Crippen LogP contribution in [-0.2, 0) is 36.4 Å². The first-order chi connectivity index (χ1) is 48.4. The highest BCUT2D eigenvalue weighted by Crippen LogP contribution is 2.60. The lowest BCUT2D eigenvalue weighted by molar-refractivity contribution is -0.716. The van der Waals surface area contributed by atoms with Crippen LogP contribution in [-0.4, -0.2) is 0 Å². The van der Waals surface area contributed by atoms with Gasteiger partial charge in [0.2, 0.25) is 28.1 Å². The maximum atomic E-state index is 6.64. The van der Waals surface area contributed by atoms with Crippen molar-refractivity contribution in [3.05, 3.63) is 288 Å². The summed E-state index contributed by atoms with van der Waals surface area (Å²) >= 11 is 0. The van der Waals surface area contributed by atoms with Crippen molar-refractivity contribution < 1.29 is 27.9 Å². The Balaban J connectivity index is 0.0000000949. The molecule has 468 valence electrons. The van der Waals surface area contributed by atoms with Crippen molar-refractivity contribution in [2.45, 2.75) is 78.0 Å². The van der Waals surface area contributed by atoms with Crippen LogP contribution in [0.1, 0.15) is 74.9 Å². The predicted octanol–water partition coefficient (Wildman–Crippen LogP) is 21.7. The van der Waals surface area contributed by atoms with Crippen molar-refractivity contribution in [2.75, 3.05) is 0 Å². The van der Waals surface area contributed by atoms with E-state index in [1.165, 1.54) is 197 Å². The zero-order chi connectivity index (χ0) is 65.7. The average molecular weight is 1270 g/mol. The minimum atomic E-state index is -0.123. The fraction of sp³-hybridized carbons (Fsp3) is 0.129. The second-order valence-corrected chi connectivity index (χ2v) is 29.9. The zero-order valence-electron chi connectivity index (χ0n) is 55.9. The summed E-state index contributed by atoms with van der Waals surface area (Å²) in [5.41, 5.74) is 18.3. The van der Waals surface area contributed by atoms with Crippen molar-refractivity contribution >= 4 is 130 Å². The van der Waals surface area contributed by atoms with E-state index in [4.69, 9.17) is 14.2 Å². The number of benzene rings is 15. The summed E-state index contributed by atoms with van der Waals surface area (Å²) in [7, 11) is 0. The fourth-order valence-electron chi connectivity index (χ4n) is 19.0. The molecule has 0 saturated carbocycles. The summed E-state index contributed by atoms with van der Waals surface area (Å²) in [6, 6.07) is 91.3. The summed E-state index contributed by atoms with van der Waals surface area (Å²) in [5, 5.41) is 28.1. The minimum absolute atomic E-state index is 0.0974. The van der Waals surface area contributed by atoms with Gasteiger partial charge in [-0.3, -0.25) is 0 Å². The van der Waals surface area contributed by atoms with E-state index in [2.05, 4.69) is 310 Å². The SMILES string of the molecule is CC1(C)c2cc3c(ccc4ccccc43)c3c2-c2c1c1cc4ccccc4cc1c[n+]2CO3.CC1(C)c2cc3c(ccc4ccccc43)c3c2-c2c1cc1c4ccccc4ccc1[n+]2CO3.CC1(C)c2cc3c(ccc4ccccc43)c3c2-c2c1cc1ccc4ccccc4c1[n+]2CO3. The van der Waals surface area contributed by atoms with Gasteiger partial charge in [-0.05, 0) is 176 Å². The summed E-state index contributed by atoms with van der Waals surface area (Å²) in [6.45, 7) is 15.8. The second-order valence-electron chi connectivity index (χ2n) is 29.9. The Bertz CT molecular complexity index is 6670. The normalized spacial score (nSPS) is 15.3. The molecule has 0 bridgehead atoms. The van der Waals surface area contributed by atoms with Crippen molar-refractivity contribution in [2.24, 2.45) is 0 Å². The molecule has 24 rings (SSSR count). The largest absolute Gasteiger partial charge is 0.434 e. The van der Waals surface area contributed by atoms with Gasteiger partial charge < -0.3 is 14.2 Å². The van der Waals surface area contributed by atoms with Crippen LogP contribution >= 0.6 is 0 Å².